The standard InChI is InChI=1S/C19H31NO/c1-18(2,3)13-19(4,5)20-16-11-15(12-16)14-7-9-17(21-6)10-8-14/h7-10,15-16,20H,11-13H2,1-6H3. The van der Waals surface area contributed by atoms with Crippen LogP contribution in [0, 0.1) is 5.41 Å². The first-order valence-corrected chi connectivity index (χ1v) is 8.10. The van der Waals surface area contributed by atoms with E-state index in [2.05, 4.69) is 64.2 Å². The van der Waals surface area contributed by atoms with Gasteiger partial charge >= 0.3 is 0 Å². The predicted octanol–water partition coefficient (Wildman–Crippen LogP) is 4.75. The Bertz CT molecular complexity index is 449. The molecule has 2 rings (SSSR count). The molecule has 1 fully saturated rings. The van der Waals surface area contributed by atoms with Crippen LogP contribution < -0.4 is 10.1 Å². The highest BCUT2D eigenvalue weighted by Gasteiger charge is 2.35. The molecule has 0 atom stereocenters. The van der Waals surface area contributed by atoms with Gasteiger partial charge in [-0.25, -0.2) is 0 Å². The fourth-order valence-corrected chi connectivity index (χ4v) is 3.81. The molecule has 0 radical (unpaired) electrons. The summed E-state index contributed by atoms with van der Waals surface area (Å²) in [4.78, 5) is 0. The number of ether oxygens (including phenoxy) is 1. The van der Waals surface area contributed by atoms with Gasteiger partial charge in [-0.15, -0.1) is 0 Å². The molecule has 0 aromatic heterocycles. The molecule has 1 aliphatic carbocycles. The average molecular weight is 289 g/mol. The first kappa shape index (κ1) is 16.4. The van der Waals surface area contributed by atoms with Gasteiger partial charge in [0.1, 0.15) is 5.75 Å². The van der Waals surface area contributed by atoms with E-state index in [1.807, 2.05) is 0 Å². The molecule has 21 heavy (non-hydrogen) atoms. The van der Waals surface area contributed by atoms with Crippen LogP contribution in [0.25, 0.3) is 0 Å². The first-order chi connectivity index (χ1) is 9.68. The number of nitrogens with one attached hydrogen (secondary N) is 1. The lowest BCUT2D eigenvalue weighted by Gasteiger charge is -2.43. The summed E-state index contributed by atoms with van der Waals surface area (Å²) >= 11 is 0. The molecular formula is C19H31NO. The molecule has 2 heteroatoms. The molecule has 1 saturated carbocycles. The van der Waals surface area contributed by atoms with Crippen LogP contribution in [0.4, 0.5) is 0 Å². The third-order valence-electron chi connectivity index (χ3n) is 4.29. The molecule has 0 heterocycles. The second-order valence-electron chi connectivity index (χ2n) is 8.40. The van der Waals surface area contributed by atoms with Crippen molar-refractivity contribution in [3.63, 3.8) is 0 Å². The molecule has 0 aliphatic heterocycles. The molecule has 0 unspecified atom stereocenters. The van der Waals surface area contributed by atoms with Crippen LogP contribution in [0.3, 0.4) is 0 Å². The smallest absolute Gasteiger partial charge is 0.118 e. The van der Waals surface area contributed by atoms with Crippen LogP contribution in [-0.4, -0.2) is 18.7 Å². The molecule has 1 aromatic carbocycles. The highest BCUT2D eigenvalue weighted by Crippen LogP contribution is 2.39. The summed E-state index contributed by atoms with van der Waals surface area (Å²) in [5.41, 5.74) is 2.03. The summed E-state index contributed by atoms with van der Waals surface area (Å²) in [7, 11) is 1.72. The van der Waals surface area contributed by atoms with Crippen molar-refractivity contribution in [3.8, 4) is 5.75 Å². The lowest BCUT2D eigenvalue weighted by atomic mass is 9.73. The maximum Gasteiger partial charge on any atom is 0.118 e. The van der Waals surface area contributed by atoms with Gasteiger partial charge in [0.25, 0.3) is 0 Å². The van der Waals surface area contributed by atoms with E-state index >= 15 is 0 Å². The number of hydrogen-bond donors (Lipinski definition) is 1. The Kier molecular flexibility index (Phi) is 4.67. The molecule has 1 N–H and O–H groups in total. The topological polar surface area (TPSA) is 21.3 Å². The summed E-state index contributed by atoms with van der Waals surface area (Å²) < 4.78 is 5.22. The third-order valence-corrected chi connectivity index (χ3v) is 4.29. The van der Waals surface area contributed by atoms with Crippen LogP contribution in [0.2, 0.25) is 0 Å². The Morgan fingerprint density at radius 2 is 1.62 bits per heavy atom. The minimum atomic E-state index is 0.216. The van der Waals surface area contributed by atoms with Crippen molar-refractivity contribution in [3.05, 3.63) is 29.8 Å². The van der Waals surface area contributed by atoms with E-state index in [1.165, 1.54) is 24.8 Å². The fraction of sp³-hybridized carbons (Fsp3) is 0.684. The van der Waals surface area contributed by atoms with E-state index in [0.29, 0.717) is 17.4 Å². The van der Waals surface area contributed by atoms with E-state index < -0.39 is 0 Å². The Morgan fingerprint density at radius 1 is 1.05 bits per heavy atom. The zero-order chi connectivity index (χ0) is 15.7. The monoisotopic (exact) mass is 289 g/mol. The maximum atomic E-state index is 5.22. The number of rotatable bonds is 5. The molecule has 2 nitrogen and oxygen atoms in total. The van der Waals surface area contributed by atoms with E-state index in [0.717, 1.165) is 5.75 Å². The van der Waals surface area contributed by atoms with Crippen molar-refractivity contribution in [2.24, 2.45) is 5.41 Å². The van der Waals surface area contributed by atoms with Crippen LogP contribution in [-0.2, 0) is 0 Å². The van der Waals surface area contributed by atoms with Gasteiger partial charge < -0.3 is 10.1 Å². The normalized spacial score (nSPS) is 22.8. The zero-order valence-corrected chi connectivity index (χ0v) is 14.5. The fourth-order valence-electron chi connectivity index (χ4n) is 3.81. The molecular weight excluding hydrogens is 258 g/mol. The Balaban J connectivity index is 1.83. The minimum absolute atomic E-state index is 0.216. The predicted molar refractivity (Wildman–Crippen MR) is 90.0 cm³/mol. The highest BCUT2D eigenvalue weighted by molar-refractivity contribution is 5.31. The summed E-state index contributed by atoms with van der Waals surface area (Å²) in [6.07, 6.45) is 3.70. The van der Waals surface area contributed by atoms with Crippen LogP contribution in [0.15, 0.2) is 24.3 Å². The minimum Gasteiger partial charge on any atom is -0.497 e. The van der Waals surface area contributed by atoms with Gasteiger partial charge in [0, 0.05) is 11.6 Å². The molecule has 0 bridgehead atoms. The van der Waals surface area contributed by atoms with Crippen LogP contribution >= 0.6 is 0 Å². The van der Waals surface area contributed by atoms with Gasteiger partial charge in [-0.05, 0) is 62.1 Å². The molecule has 0 saturated heterocycles. The average Bonchev–Trinajstić information content (AvgIpc) is 2.30. The highest BCUT2D eigenvalue weighted by atomic mass is 16.5. The van der Waals surface area contributed by atoms with Crippen molar-refractivity contribution < 1.29 is 4.74 Å². The van der Waals surface area contributed by atoms with E-state index in [1.54, 1.807) is 7.11 Å². The van der Waals surface area contributed by atoms with Crippen molar-refractivity contribution in [1.82, 2.24) is 5.32 Å². The SMILES string of the molecule is COc1ccc(C2CC(NC(C)(C)CC(C)(C)C)C2)cc1. The second kappa shape index (κ2) is 6.00. The molecule has 0 amide bonds. The maximum absolute atomic E-state index is 5.22. The molecule has 1 aliphatic rings. The molecule has 118 valence electrons. The summed E-state index contributed by atoms with van der Waals surface area (Å²) in [6.45, 7) is 11.6. The van der Waals surface area contributed by atoms with Crippen molar-refractivity contribution in [1.29, 1.82) is 0 Å². The van der Waals surface area contributed by atoms with Gasteiger partial charge in [-0.2, -0.15) is 0 Å². The summed E-state index contributed by atoms with van der Waals surface area (Å²) in [5.74, 6) is 1.65. The molecule has 1 aromatic rings. The van der Waals surface area contributed by atoms with Crippen LogP contribution in [0.5, 0.6) is 5.75 Å². The lowest BCUT2D eigenvalue weighted by Crippen LogP contribution is -2.52. The van der Waals surface area contributed by atoms with Gasteiger partial charge in [-0.3, -0.25) is 0 Å². The van der Waals surface area contributed by atoms with Gasteiger partial charge in [0.05, 0.1) is 7.11 Å². The Morgan fingerprint density at radius 3 is 2.10 bits per heavy atom. The molecule has 0 spiro atoms. The lowest BCUT2D eigenvalue weighted by molar-refractivity contribution is 0.176. The number of benzene rings is 1. The first-order valence-electron chi connectivity index (χ1n) is 8.10. The van der Waals surface area contributed by atoms with Crippen molar-refractivity contribution >= 4 is 0 Å². The van der Waals surface area contributed by atoms with Crippen LogP contribution in [0.1, 0.15) is 65.4 Å². The van der Waals surface area contributed by atoms with Crippen molar-refractivity contribution in [2.75, 3.05) is 7.11 Å². The van der Waals surface area contributed by atoms with Gasteiger partial charge in [0.2, 0.25) is 0 Å². The second-order valence-corrected chi connectivity index (χ2v) is 8.40. The summed E-state index contributed by atoms with van der Waals surface area (Å²) in [6, 6.07) is 9.22. The number of methoxy groups -OCH3 is 1. The van der Waals surface area contributed by atoms with Crippen molar-refractivity contribution in [2.45, 2.75) is 71.4 Å². The van der Waals surface area contributed by atoms with E-state index in [-0.39, 0.29) is 5.54 Å². The van der Waals surface area contributed by atoms with Gasteiger partial charge in [0.15, 0.2) is 0 Å². The largest absolute Gasteiger partial charge is 0.497 e. The Labute approximate surface area is 130 Å². The van der Waals surface area contributed by atoms with Gasteiger partial charge in [-0.1, -0.05) is 32.9 Å². The third kappa shape index (κ3) is 4.74. The summed E-state index contributed by atoms with van der Waals surface area (Å²) in [5, 5.41) is 3.85. The van der Waals surface area contributed by atoms with E-state index in [9.17, 15) is 0 Å². The Hall–Kier alpha value is -1.02. The zero-order valence-electron chi connectivity index (χ0n) is 14.5. The van der Waals surface area contributed by atoms with E-state index in [4.69, 9.17) is 4.74 Å². The number of hydrogen-bond acceptors (Lipinski definition) is 2. The quantitative estimate of drug-likeness (QED) is 0.845.